The smallest absolute Gasteiger partial charge is 0.265 e. The molecule has 4 rings (SSSR count). The number of rotatable bonds is 4. The molecule has 0 unspecified atom stereocenters. The van der Waals surface area contributed by atoms with Gasteiger partial charge in [-0.25, -0.2) is 0 Å². The summed E-state index contributed by atoms with van der Waals surface area (Å²) >= 11 is 0. The first-order valence-electron chi connectivity index (χ1n) is 10.3. The van der Waals surface area contributed by atoms with Crippen molar-refractivity contribution in [2.45, 2.75) is 20.0 Å². The maximum absolute atomic E-state index is 13.0. The van der Waals surface area contributed by atoms with Crippen LogP contribution in [0.1, 0.15) is 11.1 Å². The predicted molar refractivity (Wildman–Crippen MR) is 115 cm³/mol. The number of nitrogens with one attached hydrogen (secondary N) is 1. The SMILES string of the molecule is Cc1ccc(NC(=O)CN2C[C@H](C(=O)N3CCOCC3)Oc3ccccc32)cc1C. The van der Waals surface area contributed by atoms with Crippen LogP contribution in [-0.2, 0) is 14.3 Å². The molecule has 0 aliphatic carbocycles. The minimum absolute atomic E-state index is 0.0626. The largest absolute Gasteiger partial charge is 0.477 e. The maximum atomic E-state index is 13.0. The molecule has 1 N–H and O–H groups in total. The van der Waals surface area contributed by atoms with E-state index in [9.17, 15) is 9.59 Å². The van der Waals surface area contributed by atoms with Gasteiger partial charge in [-0.2, -0.15) is 0 Å². The van der Waals surface area contributed by atoms with Crippen LogP contribution in [0, 0.1) is 13.8 Å². The first-order valence-corrected chi connectivity index (χ1v) is 10.3. The summed E-state index contributed by atoms with van der Waals surface area (Å²) in [6.45, 7) is 6.73. The third kappa shape index (κ3) is 4.41. The fourth-order valence-corrected chi connectivity index (χ4v) is 3.77. The Morgan fingerprint density at radius 1 is 1.07 bits per heavy atom. The molecule has 2 heterocycles. The van der Waals surface area contributed by atoms with E-state index >= 15 is 0 Å². The van der Waals surface area contributed by atoms with Crippen LogP contribution in [-0.4, -0.2) is 62.2 Å². The summed E-state index contributed by atoms with van der Waals surface area (Å²) in [5.41, 5.74) is 3.89. The van der Waals surface area contributed by atoms with Crippen molar-refractivity contribution in [3.63, 3.8) is 0 Å². The van der Waals surface area contributed by atoms with Crippen LogP contribution in [0.2, 0.25) is 0 Å². The molecule has 2 aliphatic heterocycles. The summed E-state index contributed by atoms with van der Waals surface area (Å²) in [7, 11) is 0. The van der Waals surface area contributed by atoms with Crippen molar-refractivity contribution in [2.75, 3.05) is 49.6 Å². The second-order valence-electron chi connectivity index (χ2n) is 7.74. The van der Waals surface area contributed by atoms with Crippen molar-refractivity contribution in [3.05, 3.63) is 53.6 Å². The number of hydrogen-bond donors (Lipinski definition) is 1. The zero-order valence-electron chi connectivity index (χ0n) is 17.4. The Morgan fingerprint density at radius 3 is 2.60 bits per heavy atom. The molecule has 1 atom stereocenters. The van der Waals surface area contributed by atoms with E-state index in [1.54, 1.807) is 4.90 Å². The lowest BCUT2D eigenvalue weighted by molar-refractivity contribution is -0.142. The van der Waals surface area contributed by atoms with Gasteiger partial charge in [0.25, 0.3) is 5.91 Å². The Kier molecular flexibility index (Phi) is 5.90. The number of morpholine rings is 1. The number of para-hydroxylation sites is 2. The van der Waals surface area contributed by atoms with E-state index in [0.717, 1.165) is 16.9 Å². The molecule has 7 heteroatoms. The first-order chi connectivity index (χ1) is 14.5. The summed E-state index contributed by atoms with van der Waals surface area (Å²) in [6.07, 6.45) is -0.646. The molecule has 0 aromatic heterocycles. The highest BCUT2D eigenvalue weighted by atomic mass is 16.5. The van der Waals surface area contributed by atoms with Gasteiger partial charge < -0.3 is 24.6 Å². The number of aryl methyl sites for hydroxylation is 2. The number of carbonyl (C=O) groups is 2. The van der Waals surface area contributed by atoms with Crippen LogP contribution in [0.25, 0.3) is 0 Å². The average molecular weight is 409 g/mol. The molecule has 7 nitrogen and oxygen atoms in total. The molecule has 1 fully saturated rings. The topological polar surface area (TPSA) is 71.1 Å². The van der Waals surface area contributed by atoms with Crippen LogP contribution in [0.5, 0.6) is 5.75 Å². The van der Waals surface area contributed by atoms with E-state index in [4.69, 9.17) is 9.47 Å². The number of ether oxygens (including phenoxy) is 2. The Bertz CT molecular complexity index is 940. The highest BCUT2D eigenvalue weighted by Gasteiger charge is 2.34. The van der Waals surface area contributed by atoms with Gasteiger partial charge in [-0.1, -0.05) is 18.2 Å². The third-order valence-corrected chi connectivity index (χ3v) is 5.58. The van der Waals surface area contributed by atoms with E-state index in [1.807, 2.05) is 61.2 Å². The Labute approximate surface area is 176 Å². The van der Waals surface area contributed by atoms with Crippen molar-refractivity contribution in [1.29, 1.82) is 0 Å². The standard InChI is InChI=1S/C23H27N3O4/c1-16-7-8-18(13-17(16)2)24-22(27)15-26-14-21(23(28)25-9-11-29-12-10-25)30-20-6-4-3-5-19(20)26/h3-8,13,21H,9-12,14-15H2,1-2H3,(H,24,27)/t21-/m1/s1. The molecule has 0 spiro atoms. The Balaban J connectivity index is 1.48. The lowest BCUT2D eigenvalue weighted by Crippen LogP contribution is -2.53. The number of fused-ring (bicyclic) bond motifs is 1. The van der Waals surface area contributed by atoms with Crippen molar-refractivity contribution in [1.82, 2.24) is 4.90 Å². The maximum Gasteiger partial charge on any atom is 0.265 e. The number of anilines is 2. The molecule has 0 saturated carbocycles. The summed E-state index contributed by atoms with van der Waals surface area (Å²) < 4.78 is 11.3. The highest BCUT2D eigenvalue weighted by molar-refractivity contribution is 5.95. The normalized spacial score (nSPS) is 18.4. The molecule has 2 aromatic carbocycles. The number of nitrogens with zero attached hydrogens (tertiary/aromatic N) is 2. The van der Waals surface area contributed by atoms with Crippen LogP contribution in [0.3, 0.4) is 0 Å². The van der Waals surface area contributed by atoms with Crippen molar-refractivity contribution in [3.8, 4) is 5.75 Å². The van der Waals surface area contributed by atoms with Crippen molar-refractivity contribution >= 4 is 23.2 Å². The van der Waals surface area contributed by atoms with E-state index in [0.29, 0.717) is 38.6 Å². The summed E-state index contributed by atoms with van der Waals surface area (Å²) in [5.74, 6) is 0.425. The van der Waals surface area contributed by atoms with E-state index < -0.39 is 6.10 Å². The summed E-state index contributed by atoms with van der Waals surface area (Å²) in [4.78, 5) is 29.4. The fourth-order valence-electron chi connectivity index (χ4n) is 3.77. The quantitative estimate of drug-likeness (QED) is 0.840. The molecule has 1 saturated heterocycles. The summed E-state index contributed by atoms with van der Waals surface area (Å²) in [6, 6.07) is 13.4. The number of amides is 2. The van der Waals surface area contributed by atoms with E-state index in [-0.39, 0.29) is 18.4 Å². The Morgan fingerprint density at radius 2 is 1.83 bits per heavy atom. The summed E-state index contributed by atoms with van der Waals surface area (Å²) in [5, 5.41) is 2.96. The van der Waals surface area contributed by atoms with Gasteiger partial charge in [0.2, 0.25) is 5.91 Å². The molecular formula is C23H27N3O4. The van der Waals surface area contributed by atoms with Gasteiger partial charge in [-0.3, -0.25) is 9.59 Å². The molecule has 158 valence electrons. The third-order valence-electron chi connectivity index (χ3n) is 5.58. The number of hydrogen-bond acceptors (Lipinski definition) is 5. The van der Waals surface area contributed by atoms with Crippen LogP contribution >= 0.6 is 0 Å². The molecule has 0 bridgehead atoms. The van der Waals surface area contributed by atoms with E-state index in [1.165, 1.54) is 5.56 Å². The predicted octanol–water partition coefficient (Wildman–Crippen LogP) is 2.37. The highest BCUT2D eigenvalue weighted by Crippen LogP contribution is 2.33. The van der Waals surface area contributed by atoms with Gasteiger partial charge in [0, 0.05) is 18.8 Å². The van der Waals surface area contributed by atoms with Crippen molar-refractivity contribution in [2.24, 2.45) is 0 Å². The zero-order valence-corrected chi connectivity index (χ0v) is 17.4. The lowest BCUT2D eigenvalue weighted by atomic mass is 10.1. The molecule has 2 aliphatic rings. The molecule has 30 heavy (non-hydrogen) atoms. The zero-order chi connectivity index (χ0) is 21.1. The van der Waals surface area contributed by atoms with Crippen LogP contribution < -0.4 is 15.0 Å². The molecule has 2 aromatic rings. The molecule has 0 radical (unpaired) electrons. The van der Waals surface area contributed by atoms with E-state index in [2.05, 4.69) is 5.32 Å². The van der Waals surface area contributed by atoms with Gasteiger partial charge in [-0.05, 0) is 49.2 Å². The average Bonchev–Trinajstić information content (AvgIpc) is 2.76. The second kappa shape index (κ2) is 8.75. The van der Waals surface area contributed by atoms with Crippen LogP contribution in [0.15, 0.2) is 42.5 Å². The minimum Gasteiger partial charge on any atom is -0.477 e. The van der Waals surface area contributed by atoms with Gasteiger partial charge in [0.05, 0.1) is 32.0 Å². The second-order valence-corrected chi connectivity index (χ2v) is 7.74. The molecule has 2 amide bonds. The monoisotopic (exact) mass is 409 g/mol. The van der Waals surface area contributed by atoms with Crippen molar-refractivity contribution < 1.29 is 19.1 Å². The van der Waals surface area contributed by atoms with Gasteiger partial charge in [-0.15, -0.1) is 0 Å². The Hall–Kier alpha value is -3.06. The number of benzene rings is 2. The molecular weight excluding hydrogens is 382 g/mol. The van der Waals surface area contributed by atoms with Gasteiger partial charge >= 0.3 is 0 Å². The number of carbonyl (C=O) groups excluding carboxylic acids is 2. The first kappa shape index (κ1) is 20.2. The van der Waals surface area contributed by atoms with Gasteiger partial charge in [0.1, 0.15) is 5.75 Å². The van der Waals surface area contributed by atoms with Gasteiger partial charge in [0.15, 0.2) is 6.10 Å². The fraction of sp³-hybridized carbons (Fsp3) is 0.391. The lowest BCUT2D eigenvalue weighted by Gasteiger charge is -2.38. The van der Waals surface area contributed by atoms with Crippen LogP contribution in [0.4, 0.5) is 11.4 Å². The minimum atomic E-state index is -0.646.